The molecule has 5 heterocycles. The normalized spacial score (nSPS) is 13.0. The molecule has 3 aliphatic rings. The molecular formula is C52H38N4O4Zn. The van der Waals surface area contributed by atoms with E-state index in [1.807, 2.05) is 0 Å². The molecule has 0 saturated heterocycles. The van der Waals surface area contributed by atoms with E-state index in [9.17, 15) is 9.59 Å². The molecule has 8 bridgehead atoms. The van der Waals surface area contributed by atoms with Crippen LogP contribution in [0, 0.1) is 0 Å². The zero-order valence-electron chi connectivity index (χ0n) is 34.3. The number of rotatable bonds is 6. The Kier molecular flexibility index (Phi) is 9.33. The predicted octanol–water partition coefficient (Wildman–Crippen LogP) is 11.6. The summed E-state index contributed by atoms with van der Waals surface area (Å²) in [5.41, 5.74) is 14.5. The van der Waals surface area contributed by atoms with Crippen LogP contribution in [0.4, 0.5) is 0 Å². The summed E-state index contributed by atoms with van der Waals surface area (Å²) < 4.78 is 10.2. The average molecular weight is 848 g/mol. The van der Waals surface area contributed by atoms with Crippen LogP contribution in [-0.4, -0.2) is 36.1 Å². The molecule has 61 heavy (non-hydrogen) atoms. The van der Waals surface area contributed by atoms with Crippen molar-refractivity contribution in [2.45, 2.75) is 39.5 Å². The van der Waals surface area contributed by atoms with E-state index in [0.29, 0.717) is 12.8 Å². The Hall–Kier alpha value is -6.70. The first kappa shape index (κ1) is 38.5. The van der Waals surface area contributed by atoms with E-state index in [4.69, 9.17) is 29.4 Å². The predicted molar refractivity (Wildman–Crippen MR) is 241 cm³/mol. The molecule has 0 spiro atoms. The van der Waals surface area contributed by atoms with Gasteiger partial charge < -0.3 is 19.4 Å². The maximum absolute atomic E-state index is 12.6. The fourth-order valence-electron chi connectivity index (χ4n) is 9.72. The maximum atomic E-state index is 12.6. The van der Waals surface area contributed by atoms with Gasteiger partial charge in [0.05, 0.1) is 37.0 Å². The second-order valence-corrected chi connectivity index (χ2v) is 15.8. The molecule has 1 aliphatic carbocycles. The fraction of sp³-hybridized carbons (Fsp3) is 0.154. The van der Waals surface area contributed by atoms with Gasteiger partial charge in [-0.25, -0.2) is 9.97 Å². The summed E-state index contributed by atoms with van der Waals surface area (Å²) in [6.07, 6.45) is 1.33. The third-order valence-corrected chi connectivity index (χ3v) is 12.6. The van der Waals surface area contributed by atoms with Gasteiger partial charge >= 0.3 is 31.4 Å². The van der Waals surface area contributed by atoms with Crippen LogP contribution < -0.4 is 9.97 Å². The smallest absolute Gasteiger partial charge is 0.657 e. The van der Waals surface area contributed by atoms with Crippen molar-refractivity contribution in [2.75, 3.05) is 14.2 Å². The Morgan fingerprint density at radius 1 is 0.508 bits per heavy atom. The summed E-state index contributed by atoms with van der Waals surface area (Å²) in [5, 5.41) is 8.91. The van der Waals surface area contributed by atoms with Crippen LogP contribution in [0.3, 0.4) is 0 Å². The van der Waals surface area contributed by atoms with Crippen molar-refractivity contribution < 1.29 is 38.5 Å². The van der Waals surface area contributed by atoms with Crippen LogP contribution in [0.2, 0.25) is 0 Å². The number of carbonyl (C=O) groups is 2. The summed E-state index contributed by atoms with van der Waals surface area (Å²) in [7, 11) is 2.85. The molecule has 2 aliphatic heterocycles. The van der Waals surface area contributed by atoms with Crippen molar-refractivity contribution in [2.24, 2.45) is 0 Å². The molecule has 0 radical (unpaired) electrons. The van der Waals surface area contributed by atoms with Crippen molar-refractivity contribution in [3.05, 3.63) is 132 Å². The first-order valence-corrected chi connectivity index (χ1v) is 20.3. The molecule has 5 aromatic carbocycles. The largest absolute Gasteiger partial charge is 2.00 e. The van der Waals surface area contributed by atoms with Gasteiger partial charge in [0.1, 0.15) is 0 Å². The van der Waals surface area contributed by atoms with Gasteiger partial charge in [-0.1, -0.05) is 109 Å². The van der Waals surface area contributed by atoms with Crippen molar-refractivity contribution in [1.82, 2.24) is 19.9 Å². The Labute approximate surface area is 364 Å². The topological polar surface area (TPSA) is 107 Å². The van der Waals surface area contributed by atoms with Gasteiger partial charge in [0.25, 0.3) is 0 Å². The minimum absolute atomic E-state index is 0. The average Bonchev–Trinajstić information content (AvgIpc) is 4.05. The van der Waals surface area contributed by atoms with Gasteiger partial charge in [0.2, 0.25) is 0 Å². The Bertz CT molecular complexity index is 3260. The fourth-order valence-corrected chi connectivity index (χ4v) is 9.72. The molecule has 0 N–H and O–H groups in total. The summed E-state index contributed by atoms with van der Waals surface area (Å²) in [6, 6.07) is 38.2. The quantitative estimate of drug-likeness (QED) is 0.0925. The van der Waals surface area contributed by atoms with E-state index in [1.165, 1.54) is 19.6 Å². The third-order valence-electron chi connectivity index (χ3n) is 12.6. The zero-order valence-corrected chi connectivity index (χ0v) is 37.3. The van der Waals surface area contributed by atoms with E-state index in [-0.39, 0.29) is 44.3 Å². The van der Waals surface area contributed by atoms with E-state index in [0.717, 1.165) is 127 Å². The number of carbonyl (C=O) groups excluding carboxylic acids is 2. The van der Waals surface area contributed by atoms with Crippen LogP contribution >= 0.6 is 0 Å². The van der Waals surface area contributed by atoms with Gasteiger partial charge in [-0.3, -0.25) is 9.59 Å². The van der Waals surface area contributed by atoms with E-state index < -0.39 is 0 Å². The van der Waals surface area contributed by atoms with Crippen LogP contribution in [-0.2, 0) is 38.5 Å². The van der Waals surface area contributed by atoms with Crippen LogP contribution in [0.25, 0.3) is 110 Å². The van der Waals surface area contributed by atoms with Crippen molar-refractivity contribution >= 4 is 99.4 Å². The van der Waals surface area contributed by atoms with Crippen molar-refractivity contribution in [3.63, 3.8) is 0 Å². The molecule has 0 unspecified atom stereocenters. The second-order valence-electron chi connectivity index (χ2n) is 15.8. The first-order valence-electron chi connectivity index (χ1n) is 20.3. The van der Waals surface area contributed by atoms with Crippen LogP contribution in [0.1, 0.15) is 62.3 Å². The third kappa shape index (κ3) is 5.97. The molecule has 8 nitrogen and oxygen atoms in total. The number of aromatic nitrogens is 4. The van der Waals surface area contributed by atoms with Gasteiger partial charge in [0.15, 0.2) is 0 Å². The molecule has 0 saturated carbocycles. The summed E-state index contributed by atoms with van der Waals surface area (Å²) in [5.74, 6) is -0.558. The zero-order chi connectivity index (χ0) is 40.8. The molecule has 9 heteroatoms. The number of benzene rings is 5. The van der Waals surface area contributed by atoms with Crippen molar-refractivity contribution in [1.29, 1.82) is 0 Å². The number of fused-ring (bicyclic) bond motifs is 21. The molecular weight excluding hydrogens is 810 g/mol. The standard InChI is InChI=1S/C52H38N4O4.Zn/c1-27-30(19-21-46(57)59-3)40-25-44-51-36-17-9-11-29-12-10-18-37(48(29)36)52(51)45(56-44)26-41-31(20-22-47(58)60-4)28(2)39(54-41)24-43-50-35-16-8-6-14-33(35)32-13-5-7-15-34(32)49(50)42(55-43)23-38(27)53-40;/h5-18,23-26H,19-22H2,1-4H3;/q-2;+2. The number of hydrogen-bond donors (Lipinski definition) is 0. The molecule has 0 atom stereocenters. The molecule has 292 valence electrons. The SMILES string of the molecule is COC(=O)CCC1=C(C)c2cc3[n-]c(cc4nc(cc5[n-]c(cc1n2)c1c5-c2cccc5cccc-1c25)C(CCC(=O)OC)=C4C)c1c2ccccc2c2ccccc2c31.[Zn+2]. The van der Waals surface area contributed by atoms with E-state index >= 15 is 0 Å². The van der Waals surface area contributed by atoms with Crippen molar-refractivity contribution in [3.8, 4) is 22.3 Å². The minimum Gasteiger partial charge on any atom is -0.657 e. The summed E-state index contributed by atoms with van der Waals surface area (Å²) in [4.78, 5) is 46.8. The molecule has 8 aromatic rings. The Morgan fingerprint density at radius 3 is 1.36 bits per heavy atom. The Morgan fingerprint density at radius 2 is 0.918 bits per heavy atom. The van der Waals surface area contributed by atoms with Crippen LogP contribution in [0.15, 0.2) is 109 Å². The van der Waals surface area contributed by atoms with Gasteiger partial charge in [0, 0.05) is 12.8 Å². The number of hydrogen-bond acceptors (Lipinski definition) is 6. The van der Waals surface area contributed by atoms with Gasteiger partial charge in [-0.05, 0) is 114 Å². The maximum Gasteiger partial charge on any atom is 2.00 e. The van der Waals surface area contributed by atoms with Gasteiger partial charge in [-0.2, -0.15) is 0 Å². The summed E-state index contributed by atoms with van der Waals surface area (Å²) >= 11 is 0. The molecule has 0 amide bonds. The first-order chi connectivity index (χ1) is 29.3. The van der Waals surface area contributed by atoms with E-state index in [2.05, 4.69) is 123 Å². The van der Waals surface area contributed by atoms with E-state index in [1.54, 1.807) is 0 Å². The monoisotopic (exact) mass is 846 g/mol. The molecule has 11 rings (SSSR count). The number of ether oxygens (including phenoxy) is 2. The number of allylic oxidation sites excluding steroid dienone is 4. The second kappa shape index (κ2) is 14.8. The number of methoxy groups -OCH3 is 2. The van der Waals surface area contributed by atoms with Gasteiger partial charge in [-0.15, -0.1) is 22.1 Å². The summed E-state index contributed by atoms with van der Waals surface area (Å²) in [6.45, 7) is 4.16. The molecule has 3 aromatic heterocycles. The Balaban J connectivity index is 0.00000445. The minimum atomic E-state index is -0.279. The number of nitrogens with zero attached hydrogens (tertiary/aromatic N) is 4. The molecule has 0 fully saturated rings. The number of esters is 2. The van der Waals surface area contributed by atoms with Crippen LogP contribution in [0.5, 0.6) is 0 Å².